The van der Waals surface area contributed by atoms with Crippen molar-refractivity contribution in [2.45, 2.75) is 57.3 Å². The predicted molar refractivity (Wildman–Crippen MR) is 75.5 cm³/mol. The second-order valence-electron chi connectivity index (χ2n) is 5.92. The lowest BCUT2D eigenvalue weighted by Gasteiger charge is -2.25. The summed E-state index contributed by atoms with van der Waals surface area (Å²) >= 11 is 0. The SMILES string of the molecule is O=C(On1cc(C2CCCCC2)cn1)N1CCCCC1. The first kappa shape index (κ1) is 13.5. The first-order valence-electron chi connectivity index (χ1n) is 7.85. The van der Waals surface area contributed by atoms with E-state index in [4.69, 9.17) is 4.84 Å². The minimum Gasteiger partial charge on any atom is -0.306 e. The second kappa shape index (κ2) is 6.29. The van der Waals surface area contributed by atoms with E-state index in [-0.39, 0.29) is 6.09 Å². The quantitative estimate of drug-likeness (QED) is 0.835. The van der Waals surface area contributed by atoms with E-state index in [1.165, 1.54) is 48.9 Å². The number of carbonyl (C=O) groups excluding carboxylic acids is 1. The van der Waals surface area contributed by atoms with Crippen molar-refractivity contribution in [3.05, 3.63) is 18.0 Å². The van der Waals surface area contributed by atoms with E-state index >= 15 is 0 Å². The summed E-state index contributed by atoms with van der Waals surface area (Å²) in [6, 6.07) is 0. The number of carbonyl (C=O) groups is 1. The molecule has 1 aliphatic carbocycles. The number of hydrogen-bond acceptors (Lipinski definition) is 3. The lowest BCUT2D eigenvalue weighted by molar-refractivity contribution is 0.0729. The Morgan fingerprint density at radius 1 is 1.10 bits per heavy atom. The summed E-state index contributed by atoms with van der Waals surface area (Å²) in [4.78, 5) is 20.4. The van der Waals surface area contributed by atoms with Crippen LogP contribution in [0.3, 0.4) is 0 Å². The topological polar surface area (TPSA) is 47.4 Å². The van der Waals surface area contributed by atoms with Gasteiger partial charge in [-0.2, -0.15) is 0 Å². The number of piperidine rings is 1. The van der Waals surface area contributed by atoms with Crippen molar-refractivity contribution >= 4 is 6.09 Å². The molecule has 1 saturated heterocycles. The van der Waals surface area contributed by atoms with Gasteiger partial charge in [0, 0.05) is 13.1 Å². The van der Waals surface area contributed by atoms with Crippen LogP contribution in [0.2, 0.25) is 0 Å². The van der Waals surface area contributed by atoms with Gasteiger partial charge < -0.3 is 4.90 Å². The maximum atomic E-state index is 12.0. The van der Waals surface area contributed by atoms with Gasteiger partial charge in [-0.3, -0.25) is 4.84 Å². The fourth-order valence-corrected chi connectivity index (χ4v) is 3.23. The highest BCUT2D eigenvalue weighted by atomic mass is 16.7. The molecule has 0 bridgehead atoms. The Kier molecular flexibility index (Phi) is 4.23. The molecular formula is C15H23N3O2. The Balaban J connectivity index is 1.57. The van der Waals surface area contributed by atoms with Crippen LogP contribution in [0.5, 0.6) is 0 Å². The Hall–Kier alpha value is -1.52. The minimum absolute atomic E-state index is 0.275. The number of aromatic nitrogens is 2. The van der Waals surface area contributed by atoms with Crippen molar-refractivity contribution in [2.75, 3.05) is 13.1 Å². The molecule has 2 heterocycles. The Bertz CT molecular complexity index is 446. The van der Waals surface area contributed by atoms with Gasteiger partial charge in [0.25, 0.3) is 0 Å². The standard InChI is InChI=1S/C15H23N3O2/c19-15(17-9-5-2-6-10-17)20-18-12-14(11-16-18)13-7-3-1-4-8-13/h11-13H,1-10H2. The third-order valence-electron chi connectivity index (χ3n) is 4.44. The summed E-state index contributed by atoms with van der Waals surface area (Å²) in [5.41, 5.74) is 1.20. The average molecular weight is 277 g/mol. The first-order valence-corrected chi connectivity index (χ1v) is 7.85. The second-order valence-corrected chi connectivity index (χ2v) is 5.92. The van der Waals surface area contributed by atoms with Gasteiger partial charge in [0.15, 0.2) is 0 Å². The van der Waals surface area contributed by atoms with Crippen LogP contribution in [0.15, 0.2) is 12.4 Å². The lowest BCUT2D eigenvalue weighted by Crippen LogP contribution is -2.40. The van der Waals surface area contributed by atoms with Gasteiger partial charge in [0.05, 0.1) is 12.4 Å². The number of amides is 1. The normalized spacial score (nSPS) is 20.9. The lowest BCUT2D eigenvalue weighted by atomic mass is 9.86. The van der Waals surface area contributed by atoms with Gasteiger partial charge in [-0.15, -0.1) is 5.10 Å². The van der Waals surface area contributed by atoms with Gasteiger partial charge in [0.1, 0.15) is 0 Å². The molecule has 5 nitrogen and oxygen atoms in total. The van der Waals surface area contributed by atoms with E-state index in [1.807, 2.05) is 12.4 Å². The molecule has 0 spiro atoms. The Morgan fingerprint density at radius 2 is 1.80 bits per heavy atom. The highest BCUT2D eigenvalue weighted by Gasteiger charge is 2.21. The van der Waals surface area contributed by atoms with Gasteiger partial charge >= 0.3 is 6.09 Å². The van der Waals surface area contributed by atoms with Crippen LogP contribution in [0, 0.1) is 0 Å². The van der Waals surface area contributed by atoms with E-state index in [0.29, 0.717) is 5.92 Å². The molecule has 3 rings (SSSR count). The molecule has 2 fully saturated rings. The minimum atomic E-state index is -0.275. The van der Waals surface area contributed by atoms with Crippen LogP contribution < -0.4 is 4.84 Å². The van der Waals surface area contributed by atoms with E-state index < -0.39 is 0 Å². The number of nitrogens with zero attached hydrogens (tertiary/aromatic N) is 3. The molecule has 1 aromatic heterocycles. The molecule has 2 aliphatic rings. The summed E-state index contributed by atoms with van der Waals surface area (Å²) in [6.45, 7) is 1.60. The molecular weight excluding hydrogens is 254 g/mol. The summed E-state index contributed by atoms with van der Waals surface area (Å²) in [7, 11) is 0. The molecule has 1 aromatic rings. The molecule has 5 heteroatoms. The summed E-state index contributed by atoms with van der Waals surface area (Å²) in [6.07, 6.45) is 13.2. The molecule has 0 radical (unpaired) electrons. The van der Waals surface area contributed by atoms with Crippen LogP contribution >= 0.6 is 0 Å². The van der Waals surface area contributed by atoms with Gasteiger partial charge in [-0.25, -0.2) is 4.79 Å². The van der Waals surface area contributed by atoms with E-state index in [2.05, 4.69) is 5.10 Å². The van der Waals surface area contributed by atoms with E-state index in [0.717, 1.165) is 25.9 Å². The Labute approximate surface area is 119 Å². The van der Waals surface area contributed by atoms with Crippen molar-refractivity contribution in [1.82, 2.24) is 14.8 Å². The number of rotatable bonds is 2. The number of hydrogen-bond donors (Lipinski definition) is 0. The van der Waals surface area contributed by atoms with Crippen molar-refractivity contribution in [1.29, 1.82) is 0 Å². The fraction of sp³-hybridized carbons (Fsp3) is 0.733. The highest BCUT2D eigenvalue weighted by Crippen LogP contribution is 2.32. The van der Waals surface area contributed by atoms with Crippen LogP contribution in [0.4, 0.5) is 4.79 Å². The van der Waals surface area contributed by atoms with Gasteiger partial charge in [0.2, 0.25) is 0 Å². The van der Waals surface area contributed by atoms with E-state index in [9.17, 15) is 4.79 Å². The molecule has 0 N–H and O–H groups in total. The molecule has 0 unspecified atom stereocenters. The van der Waals surface area contributed by atoms with Crippen LogP contribution in [-0.4, -0.2) is 34.0 Å². The Morgan fingerprint density at radius 3 is 2.55 bits per heavy atom. The zero-order valence-corrected chi connectivity index (χ0v) is 12.0. The van der Waals surface area contributed by atoms with Gasteiger partial charge in [-0.1, -0.05) is 24.1 Å². The van der Waals surface area contributed by atoms with Crippen LogP contribution in [-0.2, 0) is 0 Å². The molecule has 1 saturated carbocycles. The molecule has 1 amide bonds. The summed E-state index contributed by atoms with van der Waals surface area (Å²) in [5, 5.41) is 4.17. The molecule has 20 heavy (non-hydrogen) atoms. The third kappa shape index (κ3) is 3.14. The van der Waals surface area contributed by atoms with Crippen LogP contribution in [0.25, 0.3) is 0 Å². The van der Waals surface area contributed by atoms with E-state index in [1.54, 1.807) is 4.90 Å². The smallest absolute Gasteiger partial charge is 0.306 e. The van der Waals surface area contributed by atoms with Crippen molar-refractivity contribution in [3.8, 4) is 0 Å². The molecule has 1 aliphatic heterocycles. The van der Waals surface area contributed by atoms with Gasteiger partial charge in [-0.05, 0) is 43.6 Å². The largest absolute Gasteiger partial charge is 0.435 e. The first-order chi connectivity index (χ1) is 9.83. The fourth-order valence-electron chi connectivity index (χ4n) is 3.23. The zero-order valence-electron chi connectivity index (χ0n) is 12.0. The molecule has 110 valence electrons. The third-order valence-corrected chi connectivity index (χ3v) is 4.44. The maximum Gasteiger partial charge on any atom is 0.435 e. The number of likely N-dealkylation sites (tertiary alicyclic amines) is 1. The average Bonchev–Trinajstić information content (AvgIpc) is 2.97. The molecule has 0 atom stereocenters. The van der Waals surface area contributed by atoms with Crippen molar-refractivity contribution in [3.63, 3.8) is 0 Å². The summed E-state index contributed by atoms with van der Waals surface area (Å²) in [5.74, 6) is 0.589. The van der Waals surface area contributed by atoms with Crippen LogP contribution in [0.1, 0.15) is 62.8 Å². The summed E-state index contributed by atoms with van der Waals surface area (Å²) < 4.78 is 0. The molecule has 0 aromatic carbocycles. The maximum absolute atomic E-state index is 12.0. The van der Waals surface area contributed by atoms with Crippen molar-refractivity contribution < 1.29 is 9.63 Å². The highest BCUT2D eigenvalue weighted by molar-refractivity contribution is 5.67. The zero-order chi connectivity index (χ0) is 13.8. The monoisotopic (exact) mass is 277 g/mol. The predicted octanol–water partition coefficient (Wildman–Crippen LogP) is 2.97. The van der Waals surface area contributed by atoms with Crippen molar-refractivity contribution in [2.24, 2.45) is 0 Å².